The highest BCUT2D eigenvalue weighted by Crippen LogP contribution is 2.25. The maximum atomic E-state index is 12.5. The summed E-state index contributed by atoms with van der Waals surface area (Å²) in [7, 11) is 0. The molecule has 0 unspecified atom stereocenters. The zero-order valence-electron chi connectivity index (χ0n) is 17.2. The molecule has 2 rings (SSSR count). The van der Waals surface area contributed by atoms with Crippen molar-refractivity contribution in [2.24, 2.45) is 0 Å². The van der Waals surface area contributed by atoms with Crippen LogP contribution in [0.2, 0.25) is 0 Å². The number of hydrazine groups is 1. The third-order valence-electron chi connectivity index (χ3n) is 3.81. The Labute approximate surface area is 194 Å². The first-order valence-corrected chi connectivity index (χ1v) is 10.7. The van der Waals surface area contributed by atoms with Gasteiger partial charge in [0.1, 0.15) is 18.1 Å². The number of hydrogen-bond donors (Lipinski definition) is 3. The number of rotatable bonds is 9. The standard InChI is InChI=1S/C21H24BrN3O5S/c1-3-28-10-11-29-17-7-5-4-6-15(17)20(27)23-21(31)25-24-19(26)13-30-18-9-8-14(2)12-16(18)22/h4-9,12H,3,10-11,13H2,1-2H3,(H,24,26)(H2,23,25,27,31). The average molecular weight is 510 g/mol. The highest BCUT2D eigenvalue weighted by molar-refractivity contribution is 9.10. The van der Waals surface area contributed by atoms with Crippen molar-refractivity contribution in [2.75, 3.05) is 26.4 Å². The molecule has 2 aromatic rings. The number of thiocarbonyl (C=S) groups is 1. The van der Waals surface area contributed by atoms with Gasteiger partial charge in [0.2, 0.25) is 0 Å². The average Bonchev–Trinajstić information content (AvgIpc) is 2.75. The lowest BCUT2D eigenvalue weighted by Crippen LogP contribution is -2.49. The summed E-state index contributed by atoms with van der Waals surface area (Å²) in [6, 6.07) is 12.3. The van der Waals surface area contributed by atoms with Crippen LogP contribution in [0.5, 0.6) is 11.5 Å². The number of aryl methyl sites for hydroxylation is 1. The van der Waals surface area contributed by atoms with E-state index in [2.05, 4.69) is 32.1 Å². The van der Waals surface area contributed by atoms with Gasteiger partial charge in [-0.2, -0.15) is 0 Å². The van der Waals surface area contributed by atoms with Gasteiger partial charge in [0.25, 0.3) is 11.8 Å². The van der Waals surface area contributed by atoms with Gasteiger partial charge in [-0.3, -0.25) is 25.8 Å². The summed E-state index contributed by atoms with van der Waals surface area (Å²) in [6.45, 7) is 4.92. The first-order chi connectivity index (χ1) is 14.9. The molecular formula is C21H24BrN3O5S. The van der Waals surface area contributed by atoms with Crippen LogP contribution in [0.4, 0.5) is 0 Å². The smallest absolute Gasteiger partial charge is 0.276 e. The van der Waals surface area contributed by atoms with Crippen LogP contribution in [0, 0.1) is 6.92 Å². The van der Waals surface area contributed by atoms with E-state index in [0.29, 0.717) is 36.9 Å². The molecule has 0 fully saturated rings. The van der Waals surface area contributed by atoms with Crippen molar-refractivity contribution < 1.29 is 23.8 Å². The van der Waals surface area contributed by atoms with E-state index < -0.39 is 11.8 Å². The molecule has 8 nitrogen and oxygen atoms in total. The van der Waals surface area contributed by atoms with Crippen LogP contribution in [-0.2, 0) is 9.53 Å². The molecule has 0 aliphatic carbocycles. The molecule has 0 aliphatic heterocycles. The first-order valence-electron chi connectivity index (χ1n) is 9.49. The lowest BCUT2D eigenvalue weighted by Gasteiger charge is -2.14. The predicted octanol–water partition coefficient (Wildman–Crippen LogP) is 2.89. The van der Waals surface area contributed by atoms with Crippen LogP contribution in [-0.4, -0.2) is 43.4 Å². The molecule has 2 aromatic carbocycles. The molecule has 2 amide bonds. The number of carbonyl (C=O) groups is 2. The Morgan fingerprint density at radius 1 is 1.03 bits per heavy atom. The van der Waals surface area contributed by atoms with Crippen LogP contribution in [0.1, 0.15) is 22.8 Å². The van der Waals surface area contributed by atoms with Gasteiger partial charge in [-0.05, 0) is 71.8 Å². The summed E-state index contributed by atoms with van der Waals surface area (Å²) in [5.41, 5.74) is 6.21. The number of hydrogen-bond acceptors (Lipinski definition) is 6. The molecule has 0 spiro atoms. The van der Waals surface area contributed by atoms with E-state index in [4.69, 9.17) is 26.4 Å². The van der Waals surface area contributed by atoms with Crippen molar-refractivity contribution in [1.82, 2.24) is 16.2 Å². The lowest BCUT2D eigenvalue weighted by atomic mass is 10.2. The summed E-state index contributed by atoms with van der Waals surface area (Å²) < 4.78 is 17.0. The van der Waals surface area contributed by atoms with Crippen LogP contribution in [0.25, 0.3) is 0 Å². The van der Waals surface area contributed by atoms with Gasteiger partial charge in [-0.25, -0.2) is 0 Å². The van der Waals surface area contributed by atoms with E-state index in [1.54, 1.807) is 30.3 Å². The fraction of sp³-hybridized carbons (Fsp3) is 0.286. The fourth-order valence-corrected chi connectivity index (χ4v) is 3.12. The Morgan fingerprint density at radius 2 is 1.81 bits per heavy atom. The quantitative estimate of drug-likeness (QED) is 0.271. The number of benzene rings is 2. The molecule has 166 valence electrons. The molecule has 0 saturated carbocycles. The fourth-order valence-electron chi connectivity index (χ4n) is 2.37. The molecule has 0 bridgehead atoms. The monoisotopic (exact) mass is 509 g/mol. The van der Waals surface area contributed by atoms with Gasteiger partial charge in [-0.15, -0.1) is 0 Å². The van der Waals surface area contributed by atoms with E-state index in [1.807, 2.05) is 26.0 Å². The third kappa shape index (κ3) is 8.52. The van der Waals surface area contributed by atoms with E-state index in [9.17, 15) is 9.59 Å². The third-order valence-corrected chi connectivity index (χ3v) is 4.63. The van der Waals surface area contributed by atoms with Gasteiger partial charge in [0.15, 0.2) is 11.7 Å². The molecular weight excluding hydrogens is 486 g/mol. The van der Waals surface area contributed by atoms with E-state index >= 15 is 0 Å². The van der Waals surface area contributed by atoms with E-state index in [0.717, 1.165) is 10.0 Å². The predicted molar refractivity (Wildman–Crippen MR) is 124 cm³/mol. The molecule has 10 heteroatoms. The first kappa shape index (κ1) is 24.6. The van der Waals surface area contributed by atoms with Crippen LogP contribution < -0.4 is 25.6 Å². The number of para-hydroxylation sites is 1. The Kier molecular flexibility index (Phi) is 10.2. The van der Waals surface area contributed by atoms with E-state index in [1.165, 1.54) is 0 Å². The summed E-state index contributed by atoms with van der Waals surface area (Å²) in [4.78, 5) is 24.5. The van der Waals surface area contributed by atoms with Crippen molar-refractivity contribution in [1.29, 1.82) is 0 Å². The zero-order valence-corrected chi connectivity index (χ0v) is 19.6. The molecule has 31 heavy (non-hydrogen) atoms. The van der Waals surface area contributed by atoms with Crippen LogP contribution >= 0.6 is 28.1 Å². The maximum absolute atomic E-state index is 12.5. The topological polar surface area (TPSA) is 97.9 Å². The second-order valence-corrected chi connectivity index (χ2v) is 7.48. The molecule has 0 heterocycles. The molecule has 0 saturated heterocycles. The normalized spacial score (nSPS) is 10.2. The van der Waals surface area contributed by atoms with E-state index in [-0.39, 0.29) is 11.7 Å². The number of carbonyl (C=O) groups excluding carboxylic acids is 2. The Morgan fingerprint density at radius 3 is 2.55 bits per heavy atom. The van der Waals surface area contributed by atoms with Gasteiger partial charge in [0.05, 0.1) is 16.6 Å². The number of halogens is 1. The van der Waals surface area contributed by atoms with Crippen LogP contribution in [0.15, 0.2) is 46.9 Å². The zero-order chi connectivity index (χ0) is 22.6. The SMILES string of the molecule is CCOCCOc1ccccc1C(=O)NC(=S)NNC(=O)COc1ccc(C)cc1Br. The minimum Gasteiger partial charge on any atom is -0.490 e. The van der Waals surface area contributed by atoms with Crippen molar-refractivity contribution in [3.8, 4) is 11.5 Å². The number of ether oxygens (including phenoxy) is 3. The highest BCUT2D eigenvalue weighted by Gasteiger charge is 2.14. The maximum Gasteiger partial charge on any atom is 0.276 e. The molecule has 0 aromatic heterocycles. The Hall–Kier alpha value is -2.69. The van der Waals surface area contributed by atoms with Crippen molar-refractivity contribution in [2.45, 2.75) is 13.8 Å². The second kappa shape index (κ2) is 12.9. The lowest BCUT2D eigenvalue weighted by molar-refractivity contribution is -0.123. The van der Waals surface area contributed by atoms with Crippen molar-refractivity contribution >= 4 is 45.1 Å². The molecule has 3 N–H and O–H groups in total. The van der Waals surface area contributed by atoms with Gasteiger partial charge < -0.3 is 14.2 Å². The largest absolute Gasteiger partial charge is 0.490 e. The minimum absolute atomic E-state index is 0.0704. The number of amides is 2. The van der Waals surface area contributed by atoms with Crippen LogP contribution in [0.3, 0.4) is 0 Å². The van der Waals surface area contributed by atoms with Crippen molar-refractivity contribution in [3.63, 3.8) is 0 Å². The second-order valence-electron chi connectivity index (χ2n) is 6.22. The molecule has 0 atom stereocenters. The summed E-state index contributed by atoms with van der Waals surface area (Å²) >= 11 is 8.44. The highest BCUT2D eigenvalue weighted by atomic mass is 79.9. The minimum atomic E-state index is -0.474. The summed E-state index contributed by atoms with van der Waals surface area (Å²) in [5.74, 6) is 0.00325. The Bertz CT molecular complexity index is 926. The molecule has 0 aliphatic rings. The summed E-state index contributed by atoms with van der Waals surface area (Å²) in [6.07, 6.45) is 0. The van der Waals surface area contributed by atoms with Gasteiger partial charge >= 0.3 is 0 Å². The van der Waals surface area contributed by atoms with Crippen molar-refractivity contribution in [3.05, 3.63) is 58.1 Å². The number of nitrogens with one attached hydrogen (secondary N) is 3. The molecule has 0 radical (unpaired) electrons. The Balaban J connectivity index is 1.79. The summed E-state index contributed by atoms with van der Waals surface area (Å²) in [5, 5.41) is 2.42. The van der Waals surface area contributed by atoms with Gasteiger partial charge in [0, 0.05) is 6.61 Å². The van der Waals surface area contributed by atoms with Gasteiger partial charge in [-0.1, -0.05) is 18.2 Å².